The van der Waals surface area contributed by atoms with Crippen molar-refractivity contribution >= 4 is 15.9 Å². The standard InChI is InChI=1S/C14H14BrFN2O/c1-17-14(9-6-10(19-2)8-18-7-9)11-4-3-5-12(16)13(11)15/h3-8,14,17H,1-2H3. The lowest BCUT2D eigenvalue weighted by Gasteiger charge is -2.19. The molecule has 0 amide bonds. The van der Waals surface area contributed by atoms with E-state index in [1.54, 1.807) is 25.6 Å². The lowest BCUT2D eigenvalue weighted by Crippen LogP contribution is -2.18. The summed E-state index contributed by atoms with van der Waals surface area (Å²) in [6, 6.07) is 6.70. The number of aromatic nitrogens is 1. The van der Waals surface area contributed by atoms with Crippen molar-refractivity contribution in [3.63, 3.8) is 0 Å². The van der Waals surface area contributed by atoms with E-state index >= 15 is 0 Å². The Morgan fingerprint density at radius 3 is 2.84 bits per heavy atom. The molecule has 19 heavy (non-hydrogen) atoms. The fourth-order valence-electron chi connectivity index (χ4n) is 1.95. The number of ether oxygens (including phenoxy) is 1. The predicted octanol–water partition coefficient (Wildman–Crippen LogP) is 3.30. The number of pyridine rings is 1. The Bertz CT molecular complexity index is 577. The highest BCUT2D eigenvalue weighted by Crippen LogP contribution is 2.31. The average molecular weight is 325 g/mol. The summed E-state index contributed by atoms with van der Waals surface area (Å²) in [5, 5.41) is 3.16. The molecule has 0 saturated heterocycles. The fraction of sp³-hybridized carbons (Fsp3) is 0.214. The van der Waals surface area contributed by atoms with Crippen LogP contribution in [-0.4, -0.2) is 19.1 Å². The molecular weight excluding hydrogens is 311 g/mol. The van der Waals surface area contributed by atoms with Gasteiger partial charge in [0.25, 0.3) is 0 Å². The van der Waals surface area contributed by atoms with Crippen molar-refractivity contribution in [1.29, 1.82) is 0 Å². The van der Waals surface area contributed by atoms with E-state index in [0.29, 0.717) is 10.2 Å². The Morgan fingerprint density at radius 1 is 1.37 bits per heavy atom. The number of methoxy groups -OCH3 is 1. The van der Waals surface area contributed by atoms with E-state index in [9.17, 15) is 4.39 Å². The minimum absolute atomic E-state index is 0.160. The van der Waals surface area contributed by atoms with Crippen LogP contribution < -0.4 is 10.1 Å². The summed E-state index contributed by atoms with van der Waals surface area (Å²) in [5.74, 6) is 0.388. The van der Waals surface area contributed by atoms with Crippen molar-refractivity contribution in [3.8, 4) is 5.75 Å². The van der Waals surface area contributed by atoms with Crippen molar-refractivity contribution in [3.05, 3.63) is 58.1 Å². The van der Waals surface area contributed by atoms with Gasteiger partial charge in [0.1, 0.15) is 11.6 Å². The smallest absolute Gasteiger partial charge is 0.137 e. The molecule has 1 unspecified atom stereocenters. The van der Waals surface area contributed by atoms with Gasteiger partial charge >= 0.3 is 0 Å². The predicted molar refractivity (Wildman–Crippen MR) is 75.8 cm³/mol. The summed E-state index contributed by atoms with van der Waals surface area (Å²) in [6.45, 7) is 0. The summed E-state index contributed by atoms with van der Waals surface area (Å²) < 4.78 is 19.2. The first-order chi connectivity index (χ1) is 9.17. The fourth-order valence-corrected chi connectivity index (χ4v) is 2.44. The van der Waals surface area contributed by atoms with Crippen LogP contribution in [0.5, 0.6) is 5.75 Å². The number of hydrogen-bond donors (Lipinski definition) is 1. The van der Waals surface area contributed by atoms with Crippen LogP contribution in [-0.2, 0) is 0 Å². The van der Waals surface area contributed by atoms with Crippen LogP contribution in [0.25, 0.3) is 0 Å². The first-order valence-electron chi connectivity index (χ1n) is 5.77. The van der Waals surface area contributed by atoms with Crippen LogP contribution in [0.3, 0.4) is 0 Å². The van der Waals surface area contributed by atoms with Crippen LogP contribution >= 0.6 is 15.9 Å². The minimum Gasteiger partial charge on any atom is -0.495 e. The molecule has 0 aliphatic carbocycles. The van der Waals surface area contributed by atoms with Crippen molar-refractivity contribution in [1.82, 2.24) is 10.3 Å². The van der Waals surface area contributed by atoms with E-state index in [4.69, 9.17) is 4.74 Å². The summed E-state index contributed by atoms with van der Waals surface area (Å²) in [4.78, 5) is 4.13. The van der Waals surface area contributed by atoms with Gasteiger partial charge in [-0.3, -0.25) is 4.98 Å². The van der Waals surface area contributed by atoms with E-state index in [-0.39, 0.29) is 11.9 Å². The van der Waals surface area contributed by atoms with Gasteiger partial charge in [-0.25, -0.2) is 4.39 Å². The maximum atomic E-state index is 13.6. The normalized spacial score (nSPS) is 12.2. The second-order valence-electron chi connectivity index (χ2n) is 4.02. The van der Waals surface area contributed by atoms with E-state index < -0.39 is 0 Å². The molecule has 2 rings (SSSR count). The van der Waals surface area contributed by atoms with Crippen molar-refractivity contribution in [2.75, 3.05) is 14.2 Å². The third kappa shape index (κ3) is 2.93. The van der Waals surface area contributed by atoms with E-state index in [0.717, 1.165) is 11.1 Å². The highest BCUT2D eigenvalue weighted by atomic mass is 79.9. The van der Waals surface area contributed by atoms with E-state index in [2.05, 4.69) is 26.2 Å². The Kier molecular flexibility index (Phi) is 4.50. The monoisotopic (exact) mass is 324 g/mol. The molecule has 0 saturated carbocycles. The van der Waals surface area contributed by atoms with Gasteiger partial charge in [-0.1, -0.05) is 12.1 Å². The third-order valence-corrected chi connectivity index (χ3v) is 3.72. The molecule has 0 radical (unpaired) electrons. The molecule has 0 aliphatic heterocycles. The maximum absolute atomic E-state index is 13.6. The molecule has 1 aromatic heterocycles. The molecule has 1 N–H and O–H groups in total. The van der Waals surface area contributed by atoms with Gasteiger partial charge in [0, 0.05) is 6.20 Å². The second kappa shape index (κ2) is 6.12. The SMILES string of the molecule is CNC(c1cncc(OC)c1)c1cccc(F)c1Br. The van der Waals surface area contributed by atoms with Crippen LogP contribution in [0, 0.1) is 5.82 Å². The Hall–Kier alpha value is -1.46. The molecule has 2 aromatic rings. The average Bonchev–Trinajstić information content (AvgIpc) is 2.44. The zero-order chi connectivity index (χ0) is 13.8. The molecule has 5 heteroatoms. The summed E-state index contributed by atoms with van der Waals surface area (Å²) in [5.41, 5.74) is 1.73. The largest absolute Gasteiger partial charge is 0.495 e. The van der Waals surface area contributed by atoms with Gasteiger partial charge in [-0.05, 0) is 46.2 Å². The number of halogens is 2. The number of rotatable bonds is 4. The van der Waals surface area contributed by atoms with Gasteiger partial charge in [-0.15, -0.1) is 0 Å². The summed E-state index contributed by atoms with van der Waals surface area (Å²) >= 11 is 3.29. The van der Waals surface area contributed by atoms with Gasteiger partial charge in [0.2, 0.25) is 0 Å². The van der Waals surface area contributed by atoms with Crippen LogP contribution in [0.15, 0.2) is 41.1 Å². The summed E-state index contributed by atoms with van der Waals surface area (Å²) in [6.07, 6.45) is 3.37. The number of nitrogens with zero attached hydrogens (tertiary/aromatic N) is 1. The molecule has 0 spiro atoms. The van der Waals surface area contributed by atoms with E-state index in [1.165, 1.54) is 6.07 Å². The van der Waals surface area contributed by atoms with Crippen molar-refractivity contribution < 1.29 is 9.13 Å². The number of hydrogen-bond acceptors (Lipinski definition) is 3. The molecule has 1 heterocycles. The molecule has 3 nitrogen and oxygen atoms in total. The maximum Gasteiger partial charge on any atom is 0.137 e. The molecule has 0 bridgehead atoms. The number of nitrogens with one attached hydrogen (secondary N) is 1. The molecular formula is C14H14BrFN2O. The van der Waals surface area contributed by atoms with Gasteiger partial charge < -0.3 is 10.1 Å². The Morgan fingerprint density at radius 2 is 2.16 bits per heavy atom. The van der Waals surface area contributed by atoms with Gasteiger partial charge in [0.15, 0.2) is 0 Å². The topological polar surface area (TPSA) is 34.2 Å². The molecule has 1 aromatic carbocycles. The highest BCUT2D eigenvalue weighted by molar-refractivity contribution is 9.10. The zero-order valence-electron chi connectivity index (χ0n) is 10.7. The lowest BCUT2D eigenvalue weighted by molar-refractivity contribution is 0.411. The number of benzene rings is 1. The molecule has 0 fully saturated rings. The highest BCUT2D eigenvalue weighted by Gasteiger charge is 2.17. The second-order valence-corrected chi connectivity index (χ2v) is 4.82. The minimum atomic E-state index is -0.284. The van der Waals surface area contributed by atoms with Crippen LogP contribution in [0.1, 0.15) is 17.2 Å². The van der Waals surface area contributed by atoms with Crippen molar-refractivity contribution in [2.45, 2.75) is 6.04 Å². The Labute approximate surface area is 119 Å². The van der Waals surface area contributed by atoms with E-state index in [1.807, 2.05) is 19.2 Å². The van der Waals surface area contributed by atoms with Crippen molar-refractivity contribution in [2.24, 2.45) is 0 Å². The molecule has 0 aliphatic rings. The Balaban J connectivity index is 2.46. The van der Waals surface area contributed by atoms with Gasteiger partial charge in [-0.2, -0.15) is 0 Å². The molecule has 1 atom stereocenters. The lowest BCUT2D eigenvalue weighted by atomic mass is 10.00. The first-order valence-corrected chi connectivity index (χ1v) is 6.56. The third-order valence-electron chi connectivity index (χ3n) is 2.88. The van der Waals surface area contributed by atoms with Crippen LogP contribution in [0.2, 0.25) is 0 Å². The van der Waals surface area contributed by atoms with Gasteiger partial charge in [0.05, 0.1) is 23.8 Å². The first kappa shape index (κ1) is 14.0. The van der Waals surface area contributed by atoms with Crippen LogP contribution in [0.4, 0.5) is 4.39 Å². The zero-order valence-corrected chi connectivity index (χ0v) is 12.2. The summed E-state index contributed by atoms with van der Waals surface area (Å²) in [7, 11) is 3.41. The quantitative estimate of drug-likeness (QED) is 0.937. The molecule has 100 valence electrons.